The van der Waals surface area contributed by atoms with E-state index >= 15 is 0 Å². The van der Waals surface area contributed by atoms with E-state index in [-0.39, 0.29) is 0 Å². The van der Waals surface area contributed by atoms with Gasteiger partial charge in [0.25, 0.3) is 0 Å². The van der Waals surface area contributed by atoms with Crippen LogP contribution in [0, 0.1) is 0 Å². The van der Waals surface area contributed by atoms with Crippen molar-refractivity contribution in [2.24, 2.45) is 0 Å². The van der Waals surface area contributed by atoms with Crippen LogP contribution in [-0.2, 0) is 19.5 Å². The molecule has 0 aliphatic carbocycles. The highest BCUT2D eigenvalue weighted by Gasteiger charge is 2.19. The molecule has 0 atom stereocenters. The summed E-state index contributed by atoms with van der Waals surface area (Å²) in [4.78, 5) is 0. The van der Waals surface area contributed by atoms with Gasteiger partial charge in [0.15, 0.2) is 5.75 Å². The minimum absolute atomic E-state index is 0.843. The standard InChI is InChI=1S/C15H19N3O/c1-3-18-15(14(19-2)10-17-18)12-6-4-5-11-7-8-16-9-13(11)12/h4-6,10,16H,3,7-9H2,1-2H3. The van der Waals surface area contributed by atoms with Crippen LogP contribution in [0.2, 0.25) is 0 Å². The molecule has 1 aliphatic rings. The summed E-state index contributed by atoms with van der Waals surface area (Å²) in [7, 11) is 1.70. The van der Waals surface area contributed by atoms with Crippen LogP contribution in [0.1, 0.15) is 18.1 Å². The Kier molecular flexibility index (Phi) is 3.25. The second-order valence-corrected chi connectivity index (χ2v) is 4.75. The Morgan fingerprint density at radius 1 is 1.42 bits per heavy atom. The van der Waals surface area contributed by atoms with Gasteiger partial charge >= 0.3 is 0 Å². The van der Waals surface area contributed by atoms with E-state index in [0.717, 1.165) is 37.5 Å². The van der Waals surface area contributed by atoms with Crippen LogP contribution in [0.15, 0.2) is 24.4 Å². The molecule has 4 nitrogen and oxygen atoms in total. The van der Waals surface area contributed by atoms with Gasteiger partial charge in [-0.3, -0.25) is 4.68 Å². The minimum atomic E-state index is 0.843. The fraction of sp³-hybridized carbons (Fsp3) is 0.400. The average molecular weight is 257 g/mol. The number of nitrogens with zero attached hydrogens (tertiary/aromatic N) is 2. The highest BCUT2D eigenvalue weighted by Crippen LogP contribution is 2.34. The second kappa shape index (κ2) is 5.05. The lowest BCUT2D eigenvalue weighted by atomic mass is 9.94. The molecule has 1 aromatic carbocycles. The van der Waals surface area contributed by atoms with Gasteiger partial charge in [-0.25, -0.2) is 0 Å². The molecule has 100 valence electrons. The van der Waals surface area contributed by atoms with E-state index in [1.807, 2.05) is 4.68 Å². The summed E-state index contributed by atoms with van der Waals surface area (Å²) >= 11 is 0. The first kappa shape index (κ1) is 12.2. The van der Waals surface area contributed by atoms with Crippen LogP contribution in [-0.4, -0.2) is 23.4 Å². The van der Waals surface area contributed by atoms with Crippen molar-refractivity contribution < 1.29 is 4.74 Å². The number of ether oxygens (including phenoxy) is 1. The molecule has 0 bridgehead atoms. The molecule has 0 radical (unpaired) electrons. The maximum Gasteiger partial charge on any atom is 0.164 e. The summed E-state index contributed by atoms with van der Waals surface area (Å²) in [6, 6.07) is 6.52. The van der Waals surface area contributed by atoms with E-state index in [4.69, 9.17) is 4.74 Å². The van der Waals surface area contributed by atoms with Gasteiger partial charge in [0.1, 0.15) is 5.69 Å². The van der Waals surface area contributed by atoms with Gasteiger partial charge in [-0.2, -0.15) is 5.10 Å². The SMILES string of the molecule is CCn1ncc(OC)c1-c1cccc2c1CNCC2. The van der Waals surface area contributed by atoms with Gasteiger partial charge in [-0.05, 0) is 31.0 Å². The monoisotopic (exact) mass is 257 g/mol. The quantitative estimate of drug-likeness (QED) is 0.916. The molecule has 1 aliphatic heterocycles. The van der Waals surface area contributed by atoms with Crippen molar-refractivity contribution in [1.29, 1.82) is 0 Å². The Balaban J connectivity index is 2.19. The summed E-state index contributed by atoms with van der Waals surface area (Å²) in [5, 5.41) is 7.85. The molecule has 19 heavy (non-hydrogen) atoms. The van der Waals surface area contributed by atoms with Crippen LogP contribution in [0.25, 0.3) is 11.3 Å². The molecule has 1 aromatic heterocycles. The Morgan fingerprint density at radius 3 is 3.11 bits per heavy atom. The van der Waals surface area contributed by atoms with Crippen LogP contribution < -0.4 is 10.1 Å². The molecule has 0 unspecified atom stereocenters. The van der Waals surface area contributed by atoms with Crippen molar-refractivity contribution in [1.82, 2.24) is 15.1 Å². The first-order valence-corrected chi connectivity index (χ1v) is 6.76. The average Bonchev–Trinajstić information content (AvgIpc) is 2.89. The number of fused-ring (bicyclic) bond motifs is 1. The summed E-state index contributed by atoms with van der Waals surface area (Å²) in [5.41, 5.74) is 5.14. The van der Waals surface area contributed by atoms with Crippen molar-refractivity contribution in [3.05, 3.63) is 35.5 Å². The number of benzene rings is 1. The van der Waals surface area contributed by atoms with Gasteiger partial charge in [0, 0.05) is 18.7 Å². The zero-order chi connectivity index (χ0) is 13.2. The number of hydrogen-bond donors (Lipinski definition) is 1. The lowest BCUT2D eigenvalue weighted by Crippen LogP contribution is -2.24. The lowest BCUT2D eigenvalue weighted by molar-refractivity contribution is 0.415. The second-order valence-electron chi connectivity index (χ2n) is 4.75. The first-order valence-electron chi connectivity index (χ1n) is 6.76. The third-order valence-electron chi connectivity index (χ3n) is 3.73. The molecule has 4 heteroatoms. The van der Waals surface area contributed by atoms with Crippen molar-refractivity contribution >= 4 is 0 Å². The Morgan fingerprint density at radius 2 is 2.32 bits per heavy atom. The smallest absolute Gasteiger partial charge is 0.164 e. The van der Waals surface area contributed by atoms with E-state index < -0.39 is 0 Å². The molecule has 0 spiro atoms. The normalized spacial score (nSPS) is 14.2. The zero-order valence-corrected chi connectivity index (χ0v) is 11.4. The predicted molar refractivity (Wildman–Crippen MR) is 75.3 cm³/mol. The largest absolute Gasteiger partial charge is 0.493 e. The van der Waals surface area contributed by atoms with Crippen LogP contribution in [0.3, 0.4) is 0 Å². The fourth-order valence-corrected chi connectivity index (χ4v) is 2.77. The number of hydrogen-bond acceptors (Lipinski definition) is 3. The third-order valence-corrected chi connectivity index (χ3v) is 3.73. The molecular weight excluding hydrogens is 238 g/mol. The molecule has 2 heterocycles. The van der Waals surface area contributed by atoms with Crippen molar-refractivity contribution in [3.63, 3.8) is 0 Å². The number of methoxy groups -OCH3 is 1. The van der Waals surface area contributed by atoms with E-state index in [0.29, 0.717) is 0 Å². The van der Waals surface area contributed by atoms with Gasteiger partial charge in [-0.1, -0.05) is 18.2 Å². The number of aryl methyl sites for hydroxylation is 1. The summed E-state index contributed by atoms with van der Waals surface area (Å²) in [6.07, 6.45) is 2.89. The van der Waals surface area contributed by atoms with Crippen molar-refractivity contribution in [3.8, 4) is 17.0 Å². The molecule has 0 amide bonds. The van der Waals surface area contributed by atoms with Gasteiger partial charge in [-0.15, -0.1) is 0 Å². The molecule has 0 saturated heterocycles. The zero-order valence-electron chi connectivity index (χ0n) is 11.4. The minimum Gasteiger partial charge on any atom is -0.493 e. The number of nitrogens with one attached hydrogen (secondary N) is 1. The third kappa shape index (κ3) is 2.02. The molecule has 2 aromatic rings. The highest BCUT2D eigenvalue weighted by molar-refractivity contribution is 5.71. The van der Waals surface area contributed by atoms with Crippen molar-refractivity contribution in [2.45, 2.75) is 26.4 Å². The van der Waals surface area contributed by atoms with Gasteiger partial charge < -0.3 is 10.1 Å². The Hall–Kier alpha value is -1.81. The number of rotatable bonds is 3. The molecular formula is C15H19N3O. The van der Waals surface area contributed by atoms with Gasteiger partial charge in [0.2, 0.25) is 0 Å². The van der Waals surface area contributed by atoms with E-state index in [9.17, 15) is 0 Å². The van der Waals surface area contributed by atoms with Crippen LogP contribution in [0.5, 0.6) is 5.75 Å². The molecule has 1 N–H and O–H groups in total. The summed E-state index contributed by atoms with van der Waals surface area (Å²) in [6.45, 7) is 4.92. The van der Waals surface area contributed by atoms with E-state index in [1.54, 1.807) is 13.3 Å². The van der Waals surface area contributed by atoms with E-state index in [1.165, 1.54) is 16.7 Å². The fourth-order valence-electron chi connectivity index (χ4n) is 2.77. The molecule has 0 saturated carbocycles. The summed E-state index contributed by atoms with van der Waals surface area (Å²) < 4.78 is 7.47. The highest BCUT2D eigenvalue weighted by atomic mass is 16.5. The topological polar surface area (TPSA) is 39.1 Å². The van der Waals surface area contributed by atoms with Gasteiger partial charge in [0.05, 0.1) is 13.3 Å². The first-order chi connectivity index (χ1) is 9.35. The van der Waals surface area contributed by atoms with E-state index in [2.05, 4.69) is 35.5 Å². The lowest BCUT2D eigenvalue weighted by Gasteiger charge is -2.21. The Labute approximate surface area is 113 Å². The maximum absolute atomic E-state index is 5.47. The molecule has 0 fully saturated rings. The van der Waals surface area contributed by atoms with Crippen LogP contribution in [0.4, 0.5) is 0 Å². The van der Waals surface area contributed by atoms with Crippen molar-refractivity contribution in [2.75, 3.05) is 13.7 Å². The molecule has 3 rings (SSSR count). The van der Waals surface area contributed by atoms with Crippen LogP contribution >= 0.6 is 0 Å². The Bertz CT molecular complexity index is 568. The number of aromatic nitrogens is 2. The summed E-state index contributed by atoms with van der Waals surface area (Å²) in [5.74, 6) is 0.848. The predicted octanol–water partition coefficient (Wildman–Crippen LogP) is 2.22. The maximum atomic E-state index is 5.47.